The third-order valence-electron chi connectivity index (χ3n) is 4.13. The molecule has 0 saturated carbocycles. The van der Waals surface area contributed by atoms with Crippen LogP contribution in [0, 0.1) is 0 Å². The van der Waals surface area contributed by atoms with Crippen molar-refractivity contribution in [3.63, 3.8) is 0 Å². The second-order valence-electron chi connectivity index (χ2n) is 5.75. The Kier molecular flexibility index (Phi) is 3.71. The number of aromatic nitrogens is 2. The molecule has 0 fully saturated rings. The summed E-state index contributed by atoms with van der Waals surface area (Å²) in [4.78, 5) is 13.4. The predicted octanol–water partition coefficient (Wildman–Crippen LogP) is 4.83. The molecule has 0 atom stereocenters. The number of hydrogen-bond acceptors (Lipinski definition) is 4. The van der Waals surface area contributed by atoms with Gasteiger partial charge in [-0.3, -0.25) is 0 Å². The van der Waals surface area contributed by atoms with Crippen LogP contribution in [0.25, 0.3) is 10.9 Å². The van der Waals surface area contributed by atoms with E-state index in [1.807, 2.05) is 18.5 Å². The summed E-state index contributed by atoms with van der Waals surface area (Å²) in [6.07, 6.45) is 10.8. The van der Waals surface area contributed by atoms with Crippen molar-refractivity contribution in [1.29, 1.82) is 0 Å². The quantitative estimate of drug-likeness (QED) is 0.678. The summed E-state index contributed by atoms with van der Waals surface area (Å²) in [5.41, 5.74) is 10.3. The Morgan fingerprint density at radius 2 is 2.22 bits per heavy atom. The molecule has 0 unspecified atom stereocenters. The summed E-state index contributed by atoms with van der Waals surface area (Å²) in [5.74, 6) is 0. The lowest BCUT2D eigenvalue weighted by Crippen LogP contribution is -2.06. The molecule has 5 heteroatoms. The Balaban J connectivity index is 1.81. The third kappa shape index (κ3) is 2.92. The van der Waals surface area contributed by atoms with E-state index in [2.05, 4.69) is 34.2 Å². The van der Waals surface area contributed by atoms with Gasteiger partial charge in [0.15, 0.2) is 5.13 Å². The Morgan fingerprint density at radius 3 is 3.00 bits per heavy atom. The highest BCUT2D eigenvalue weighted by Gasteiger charge is 2.15. The maximum Gasteiger partial charge on any atom is 0.180 e. The number of thiazole rings is 1. The van der Waals surface area contributed by atoms with E-state index < -0.39 is 0 Å². The molecule has 0 radical (unpaired) electrons. The number of benzene rings is 1. The monoisotopic (exact) mass is 322 g/mol. The molecule has 1 aliphatic rings. The molecule has 3 N–H and O–H groups in total. The molecule has 4 rings (SSSR count). The second kappa shape index (κ2) is 6.01. The molecule has 23 heavy (non-hydrogen) atoms. The predicted molar refractivity (Wildman–Crippen MR) is 97.6 cm³/mol. The molecule has 0 aliphatic heterocycles. The highest BCUT2D eigenvalue weighted by atomic mass is 32.1. The van der Waals surface area contributed by atoms with Gasteiger partial charge in [0.25, 0.3) is 0 Å². The molecule has 0 amide bonds. The molecule has 3 aromatic rings. The van der Waals surface area contributed by atoms with Gasteiger partial charge in [0, 0.05) is 23.3 Å². The Labute approximate surface area is 138 Å². The number of rotatable bonds is 3. The first kappa shape index (κ1) is 14.2. The normalized spacial score (nSPS) is 15.8. The van der Waals surface area contributed by atoms with Gasteiger partial charge >= 0.3 is 0 Å². The standard InChI is InChI=1S/C18H18N4S/c19-18-21-11-16(23-18)17(12-4-2-1-3-5-12)22-14-6-7-15-13(10-14)8-9-20-15/h4,6-11,20H,1-3,5H2,(H2,19,21). The highest BCUT2D eigenvalue weighted by Crippen LogP contribution is 2.29. The van der Waals surface area contributed by atoms with Crippen LogP contribution in [-0.2, 0) is 0 Å². The zero-order valence-corrected chi connectivity index (χ0v) is 13.6. The van der Waals surface area contributed by atoms with Crippen LogP contribution in [0.15, 0.2) is 53.3 Å². The summed E-state index contributed by atoms with van der Waals surface area (Å²) < 4.78 is 0. The van der Waals surface area contributed by atoms with E-state index in [1.165, 1.54) is 35.1 Å². The molecular weight excluding hydrogens is 304 g/mol. The van der Waals surface area contributed by atoms with Gasteiger partial charge < -0.3 is 10.7 Å². The summed E-state index contributed by atoms with van der Waals surface area (Å²) in [6, 6.07) is 8.30. The number of anilines is 1. The Bertz CT molecular complexity index is 901. The SMILES string of the molecule is Nc1ncc(C(=Nc2ccc3[nH]ccc3c2)C2=CCCCC2)s1. The molecular formula is C18H18N4S. The number of aromatic amines is 1. The van der Waals surface area contributed by atoms with Crippen molar-refractivity contribution in [2.45, 2.75) is 25.7 Å². The van der Waals surface area contributed by atoms with Crippen LogP contribution in [-0.4, -0.2) is 15.7 Å². The molecule has 1 aliphatic carbocycles. The van der Waals surface area contributed by atoms with E-state index in [9.17, 15) is 0 Å². The lowest BCUT2D eigenvalue weighted by atomic mass is 9.95. The minimum Gasteiger partial charge on any atom is -0.375 e. The number of nitrogens with one attached hydrogen (secondary N) is 1. The maximum atomic E-state index is 5.83. The first-order valence-corrected chi connectivity index (χ1v) is 8.68. The van der Waals surface area contributed by atoms with E-state index in [4.69, 9.17) is 10.7 Å². The number of nitrogens with two attached hydrogens (primary N) is 1. The lowest BCUT2D eigenvalue weighted by molar-refractivity contribution is 0.717. The minimum absolute atomic E-state index is 0.588. The van der Waals surface area contributed by atoms with Crippen LogP contribution >= 0.6 is 11.3 Å². The summed E-state index contributed by atoms with van der Waals surface area (Å²) >= 11 is 1.50. The largest absolute Gasteiger partial charge is 0.375 e. The van der Waals surface area contributed by atoms with Gasteiger partial charge in [-0.1, -0.05) is 17.4 Å². The fourth-order valence-electron chi connectivity index (χ4n) is 2.97. The zero-order valence-electron chi connectivity index (χ0n) is 12.7. The van der Waals surface area contributed by atoms with Crippen LogP contribution in [0.2, 0.25) is 0 Å². The molecule has 0 bridgehead atoms. The van der Waals surface area contributed by atoms with Gasteiger partial charge in [0.2, 0.25) is 0 Å². The van der Waals surface area contributed by atoms with Gasteiger partial charge in [0.05, 0.1) is 16.3 Å². The number of H-pyrrole nitrogens is 1. The van der Waals surface area contributed by atoms with E-state index in [1.54, 1.807) is 0 Å². The van der Waals surface area contributed by atoms with Gasteiger partial charge in [-0.15, -0.1) is 0 Å². The number of fused-ring (bicyclic) bond motifs is 1. The molecule has 4 nitrogen and oxygen atoms in total. The molecule has 2 heterocycles. The summed E-state index contributed by atoms with van der Waals surface area (Å²) in [5, 5.41) is 1.76. The van der Waals surface area contributed by atoms with Gasteiger partial charge in [-0.25, -0.2) is 9.98 Å². The first-order chi connectivity index (χ1) is 11.3. The molecule has 2 aromatic heterocycles. The lowest BCUT2D eigenvalue weighted by Gasteiger charge is -2.14. The van der Waals surface area contributed by atoms with Gasteiger partial charge in [-0.2, -0.15) is 0 Å². The van der Waals surface area contributed by atoms with E-state index in [0.717, 1.165) is 34.6 Å². The third-order valence-corrected chi connectivity index (χ3v) is 4.96. The fraction of sp³-hybridized carbons (Fsp3) is 0.222. The average Bonchev–Trinajstić information content (AvgIpc) is 3.21. The Hall–Kier alpha value is -2.40. The van der Waals surface area contributed by atoms with Crippen molar-refractivity contribution in [2.24, 2.45) is 4.99 Å². The maximum absolute atomic E-state index is 5.83. The van der Waals surface area contributed by atoms with Crippen LogP contribution in [0.1, 0.15) is 30.6 Å². The van der Waals surface area contributed by atoms with Crippen molar-refractivity contribution in [1.82, 2.24) is 9.97 Å². The van der Waals surface area contributed by atoms with Crippen molar-refractivity contribution >= 4 is 38.8 Å². The smallest absolute Gasteiger partial charge is 0.180 e. The summed E-state index contributed by atoms with van der Waals surface area (Å²) in [7, 11) is 0. The van der Waals surface area contributed by atoms with E-state index in [-0.39, 0.29) is 0 Å². The molecule has 0 spiro atoms. The topological polar surface area (TPSA) is 67.1 Å². The Morgan fingerprint density at radius 1 is 1.26 bits per heavy atom. The number of nitrogen functional groups attached to an aromatic ring is 1. The fourth-order valence-corrected chi connectivity index (χ4v) is 3.68. The van der Waals surface area contributed by atoms with Crippen molar-refractivity contribution in [3.8, 4) is 0 Å². The molecule has 0 saturated heterocycles. The van der Waals surface area contributed by atoms with Crippen molar-refractivity contribution in [3.05, 3.63) is 53.2 Å². The number of allylic oxidation sites excluding steroid dienone is 2. The second-order valence-corrected chi connectivity index (χ2v) is 6.81. The number of aliphatic imine (C=N–C) groups is 1. The van der Waals surface area contributed by atoms with Crippen molar-refractivity contribution in [2.75, 3.05) is 5.73 Å². The van der Waals surface area contributed by atoms with Gasteiger partial charge in [-0.05, 0) is 55.5 Å². The van der Waals surface area contributed by atoms with Crippen LogP contribution in [0.4, 0.5) is 10.8 Å². The zero-order chi connectivity index (χ0) is 15.6. The van der Waals surface area contributed by atoms with Crippen LogP contribution in [0.5, 0.6) is 0 Å². The number of nitrogens with zero attached hydrogens (tertiary/aromatic N) is 2. The van der Waals surface area contributed by atoms with E-state index in [0.29, 0.717) is 5.13 Å². The van der Waals surface area contributed by atoms with Crippen LogP contribution < -0.4 is 5.73 Å². The van der Waals surface area contributed by atoms with E-state index >= 15 is 0 Å². The molecule has 116 valence electrons. The minimum atomic E-state index is 0.588. The highest BCUT2D eigenvalue weighted by molar-refractivity contribution is 7.17. The average molecular weight is 322 g/mol. The molecule has 1 aromatic carbocycles. The van der Waals surface area contributed by atoms with Gasteiger partial charge in [0.1, 0.15) is 0 Å². The first-order valence-electron chi connectivity index (χ1n) is 7.86. The van der Waals surface area contributed by atoms with Crippen molar-refractivity contribution < 1.29 is 0 Å². The summed E-state index contributed by atoms with van der Waals surface area (Å²) in [6.45, 7) is 0. The van der Waals surface area contributed by atoms with Crippen LogP contribution in [0.3, 0.4) is 0 Å². The number of hydrogen-bond donors (Lipinski definition) is 2.